The Labute approximate surface area is 67.5 Å². The van der Waals surface area contributed by atoms with Crippen molar-refractivity contribution in [3.63, 3.8) is 0 Å². The molecular formula is C3H3F5O3S. The smallest absolute Gasteiger partial charge is 0.220 e. The predicted molar refractivity (Wildman–Crippen MR) is 28.3 cm³/mol. The van der Waals surface area contributed by atoms with Crippen LogP contribution < -0.4 is 0 Å². The minimum atomic E-state index is -5.63. The Kier molecular flexibility index (Phi) is 4.17. The summed E-state index contributed by atoms with van der Waals surface area (Å²) >= 11 is -0.355. The van der Waals surface area contributed by atoms with Gasteiger partial charge in [-0.3, -0.25) is 0 Å². The Morgan fingerprint density at radius 1 is 1.17 bits per heavy atom. The number of hydrogen-bond donors (Lipinski definition) is 1. The Hall–Kier alpha value is -0.120. The van der Waals surface area contributed by atoms with Crippen LogP contribution in [0.2, 0.25) is 0 Å². The van der Waals surface area contributed by atoms with Crippen LogP contribution in [0.1, 0.15) is 0 Å². The van der Waals surface area contributed by atoms with Crippen molar-refractivity contribution in [3.8, 4) is 0 Å². The highest BCUT2D eigenvalue weighted by Gasteiger charge is 2.57. The molecular weight excluding hydrogens is 211 g/mol. The summed E-state index contributed by atoms with van der Waals surface area (Å²) in [7, 11) is 0. The van der Waals surface area contributed by atoms with Crippen molar-refractivity contribution >= 4 is 12.0 Å². The fraction of sp³-hybridized carbons (Fsp3) is 1.00. The van der Waals surface area contributed by atoms with E-state index >= 15 is 0 Å². The van der Waals surface area contributed by atoms with Crippen molar-refractivity contribution in [1.82, 2.24) is 0 Å². The van der Waals surface area contributed by atoms with Crippen LogP contribution in [0.25, 0.3) is 0 Å². The number of hydrogen-bond acceptors (Lipinski definition) is 4. The van der Waals surface area contributed by atoms with Crippen molar-refractivity contribution < 1.29 is 36.6 Å². The van der Waals surface area contributed by atoms with Crippen LogP contribution in [0, 0.1) is 0 Å². The number of halogens is 5. The van der Waals surface area contributed by atoms with Gasteiger partial charge in [0.2, 0.25) is 0 Å². The fourth-order valence-corrected chi connectivity index (χ4v) is 0.604. The Morgan fingerprint density at radius 2 is 1.67 bits per heavy atom. The van der Waals surface area contributed by atoms with Crippen LogP contribution in [-0.4, -0.2) is 23.1 Å². The molecule has 3 nitrogen and oxygen atoms in total. The summed E-state index contributed by atoms with van der Waals surface area (Å²) in [6, 6.07) is 0. The van der Waals surface area contributed by atoms with Crippen LogP contribution in [0.4, 0.5) is 22.0 Å². The molecule has 0 spiro atoms. The molecule has 0 aromatic rings. The molecule has 0 aliphatic rings. The average molecular weight is 214 g/mol. The van der Waals surface area contributed by atoms with E-state index in [2.05, 4.69) is 9.37 Å². The van der Waals surface area contributed by atoms with E-state index in [0.717, 1.165) is 0 Å². The van der Waals surface area contributed by atoms with E-state index in [1.807, 2.05) is 0 Å². The summed E-state index contributed by atoms with van der Waals surface area (Å²) in [4.78, 5) is 0. The first-order valence-corrected chi connectivity index (χ1v) is 3.26. The van der Waals surface area contributed by atoms with Gasteiger partial charge in [-0.05, 0) is 0 Å². The predicted octanol–water partition coefficient (Wildman–Crippen LogP) is 2.25. The lowest BCUT2D eigenvalue weighted by atomic mass is 10.4. The Bertz CT molecular complexity index is 136. The molecule has 1 N–H and O–H groups in total. The second-order valence-corrected chi connectivity index (χ2v) is 2.27. The molecule has 0 aromatic heterocycles. The molecule has 0 aliphatic carbocycles. The summed E-state index contributed by atoms with van der Waals surface area (Å²) in [5.41, 5.74) is 0. The summed E-state index contributed by atoms with van der Waals surface area (Å²) in [5, 5.41) is 10.2. The lowest BCUT2D eigenvalue weighted by Gasteiger charge is -2.17. The Morgan fingerprint density at radius 3 is 2.00 bits per heavy atom. The van der Waals surface area contributed by atoms with Gasteiger partial charge in [0.1, 0.15) is 0 Å². The maximum absolute atomic E-state index is 11.9. The quantitative estimate of drug-likeness (QED) is 0.256. The first kappa shape index (κ1) is 11.9. The molecule has 0 unspecified atom stereocenters. The van der Waals surface area contributed by atoms with Crippen molar-refractivity contribution in [3.05, 3.63) is 0 Å². The van der Waals surface area contributed by atoms with Crippen molar-refractivity contribution in [1.29, 1.82) is 0 Å². The highest BCUT2D eigenvalue weighted by molar-refractivity contribution is 7.94. The lowest BCUT2D eigenvalue weighted by molar-refractivity contribution is -0.432. The van der Waals surface area contributed by atoms with E-state index in [1.54, 1.807) is 0 Å². The third-order valence-electron chi connectivity index (χ3n) is 0.733. The van der Waals surface area contributed by atoms with Gasteiger partial charge in [-0.2, -0.15) is 22.0 Å². The largest absolute Gasteiger partial charge is 0.454 e. The minimum Gasteiger partial charge on any atom is -0.220 e. The van der Waals surface area contributed by atoms with E-state index in [4.69, 9.17) is 5.26 Å². The van der Waals surface area contributed by atoms with Gasteiger partial charge in [0.25, 0.3) is 0 Å². The highest BCUT2D eigenvalue weighted by Crippen LogP contribution is 2.37. The highest BCUT2D eigenvalue weighted by atomic mass is 32.2. The van der Waals surface area contributed by atoms with Crippen LogP contribution in [0.3, 0.4) is 0 Å². The molecule has 12 heavy (non-hydrogen) atoms. The van der Waals surface area contributed by atoms with Gasteiger partial charge in [0.15, 0.2) is 0 Å². The average Bonchev–Trinajstić information content (AvgIpc) is 1.85. The molecule has 0 bridgehead atoms. The summed E-state index contributed by atoms with van der Waals surface area (Å²) in [6.07, 6.45) is -5.63. The summed E-state index contributed by atoms with van der Waals surface area (Å²) < 4.78 is 61.2. The molecule has 0 fully saturated rings. The molecule has 0 saturated heterocycles. The molecule has 0 amide bonds. The first-order chi connectivity index (χ1) is 5.31. The molecule has 0 aromatic carbocycles. The third kappa shape index (κ3) is 3.52. The van der Waals surface area contributed by atoms with Crippen molar-refractivity contribution in [2.24, 2.45) is 0 Å². The molecule has 0 atom stereocenters. The zero-order valence-corrected chi connectivity index (χ0v) is 6.09. The third-order valence-corrected chi connectivity index (χ3v) is 1.37. The van der Waals surface area contributed by atoms with Gasteiger partial charge in [-0.1, -0.05) is 5.04 Å². The van der Waals surface area contributed by atoms with Crippen molar-refractivity contribution in [2.45, 2.75) is 12.1 Å². The van der Waals surface area contributed by atoms with E-state index in [1.165, 1.54) is 0 Å². The maximum Gasteiger partial charge on any atom is 0.454 e. The topological polar surface area (TPSA) is 38.7 Å². The van der Waals surface area contributed by atoms with Crippen LogP contribution in [-0.2, 0) is 9.37 Å². The number of rotatable bonds is 4. The maximum atomic E-state index is 11.9. The molecule has 0 heterocycles. The second kappa shape index (κ2) is 4.21. The van der Waals surface area contributed by atoms with Gasteiger partial charge in [0.05, 0.1) is 5.75 Å². The second-order valence-electron chi connectivity index (χ2n) is 1.61. The van der Waals surface area contributed by atoms with Crippen LogP contribution in [0.15, 0.2) is 0 Å². The molecule has 0 rings (SSSR count). The zero-order chi connectivity index (χ0) is 9.83. The molecule has 0 aliphatic heterocycles. The fourth-order valence-electron chi connectivity index (χ4n) is 0.201. The first-order valence-electron chi connectivity index (χ1n) is 2.35. The van der Waals surface area contributed by atoms with E-state index in [9.17, 15) is 22.0 Å². The monoisotopic (exact) mass is 214 g/mol. The van der Waals surface area contributed by atoms with E-state index in [0.29, 0.717) is 0 Å². The molecule has 0 saturated carbocycles. The summed E-state index contributed by atoms with van der Waals surface area (Å²) in [6.45, 7) is 0. The molecule has 0 radical (unpaired) electrons. The van der Waals surface area contributed by atoms with Gasteiger partial charge < -0.3 is 0 Å². The Balaban J connectivity index is 3.88. The standard InChI is InChI=1S/C3H3F5O3S/c4-2(5,3(6,7)8)1-12-11-10-9/h9H,1H2. The number of alkyl halides is 5. The van der Waals surface area contributed by atoms with Crippen LogP contribution in [0.5, 0.6) is 0 Å². The van der Waals surface area contributed by atoms with Gasteiger partial charge in [-0.15, -0.1) is 4.33 Å². The van der Waals surface area contributed by atoms with E-state index in [-0.39, 0.29) is 12.0 Å². The van der Waals surface area contributed by atoms with E-state index < -0.39 is 17.9 Å². The van der Waals surface area contributed by atoms with Gasteiger partial charge in [-0.25, -0.2) is 5.26 Å². The normalized spacial score (nSPS) is 13.5. The SMILES string of the molecule is OOOSCC(F)(F)C(F)(F)F. The van der Waals surface area contributed by atoms with Gasteiger partial charge >= 0.3 is 12.1 Å². The van der Waals surface area contributed by atoms with Crippen molar-refractivity contribution in [2.75, 3.05) is 5.75 Å². The minimum absolute atomic E-state index is 0.355. The lowest BCUT2D eigenvalue weighted by Crippen LogP contribution is -2.38. The molecule has 9 heteroatoms. The molecule has 74 valence electrons. The van der Waals surface area contributed by atoms with Gasteiger partial charge in [0, 0.05) is 12.0 Å². The summed E-state index contributed by atoms with van der Waals surface area (Å²) in [5.74, 6) is -6.55. The zero-order valence-electron chi connectivity index (χ0n) is 5.27. The van der Waals surface area contributed by atoms with Crippen LogP contribution >= 0.6 is 12.0 Å².